The van der Waals surface area contributed by atoms with Crippen LogP contribution in [0.3, 0.4) is 0 Å². The molecule has 3 aromatic carbocycles. The lowest BCUT2D eigenvalue weighted by atomic mass is 10.0. The van der Waals surface area contributed by atoms with Crippen molar-refractivity contribution in [3.8, 4) is 11.5 Å². The summed E-state index contributed by atoms with van der Waals surface area (Å²) in [6, 6.07) is 11.7. The molecule has 0 saturated carbocycles. The van der Waals surface area contributed by atoms with Gasteiger partial charge >= 0.3 is 0 Å². The van der Waals surface area contributed by atoms with E-state index in [0.29, 0.717) is 29.3 Å². The summed E-state index contributed by atoms with van der Waals surface area (Å²) in [6.07, 6.45) is 1.03. The molecule has 20 heteroatoms. The van der Waals surface area contributed by atoms with E-state index >= 15 is 0 Å². The number of anilines is 2. The fourth-order valence-electron chi connectivity index (χ4n) is 7.31. The van der Waals surface area contributed by atoms with Crippen molar-refractivity contribution in [2.75, 3.05) is 82.5 Å². The van der Waals surface area contributed by atoms with E-state index in [-0.39, 0.29) is 93.5 Å². The molecular formula is C42H47N5O14S. The molecule has 0 aromatic heterocycles. The van der Waals surface area contributed by atoms with Gasteiger partial charge in [0.15, 0.2) is 11.5 Å². The minimum absolute atomic E-state index is 0.0205. The maximum atomic E-state index is 13.9. The van der Waals surface area contributed by atoms with Crippen molar-refractivity contribution in [3.05, 3.63) is 82.4 Å². The Morgan fingerprint density at radius 1 is 0.806 bits per heavy atom. The van der Waals surface area contributed by atoms with Crippen molar-refractivity contribution in [2.45, 2.75) is 38.3 Å². The highest BCUT2D eigenvalue weighted by Crippen LogP contribution is 2.39. The Balaban J connectivity index is 0.904. The summed E-state index contributed by atoms with van der Waals surface area (Å²) in [5, 5.41) is 7.95. The van der Waals surface area contributed by atoms with Crippen molar-refractivity contribution in [1.82, 2.24) is 15.1 Å². The third-order valence-corrected chi connectivity index (χ3v) is 11.0. The average Bonchev–Trinajstić information content (AvgIpc) is 3.64. The van der Waals surface area contributed by atoms with Gasteiger partial charge in [0.2, 0.25) is 17.7 Å². The van der Waals surface area contributed by atoms with Crippen LogP contribution in [0.25, 0.3) is 0 Å². The number of imide groups is 3. The van der Waals surface area contributed by atoms with Gasteiger partial charge in [0.05, 0.1) is 99.5 Å². The molecule has 3 heterocycles. The number of amides is 7. The Morgan fingerprint density at radius 2 is 1.45 bits per heavy atom. The predicted molar refractivity (Wildman–Crippen MR) is 221 cm³/mol. The van der Waals surface area contributed by atoms with E-state index < -0.39 is 69.0 Å². The lowest BCUT2D eigenvalue weighted by Gasteiger charge is -2.27. The van der Waals surface area contributed by atoms with Crippen LogP contribution in [0.4, 0.5) is 11.4 Å². The number of hydrogen-bond donors (Lipinski definition) is 3. The Labute approximate surface area is 357 Å². The van der Waals surface area contributed by atoms with E-state index in [1.165, 1.54) is 31.4 Å². The zero-order valence-electron chi connectivity index (χ0n) is 34.4. The number of piperidine rings is 1. The number of fused-ring (bicyclic) bond motifs is 2. The summed E-state index contributed by atoms with van der Waals surface area (Å²) in [6.45, 7) is 3.53. The van der Waals surface area contributed by atoms with Crippen molar-refractivity contribution in [1.29, 1.82) is 0 Å². The van der Waals surface area contributed by atoms with Crippen LogP contribution >= 0.6 is 0 Å². The van der Waals surface area contributed by atoms with Crippen LogP contribution in [0, 0.1) is 0 Å². The number of nitrogens with zero attached hydrogens (tertiary/aromatic N) is 2. The van der Waals surface area contributed by atoms with Crippen molar-refractivity contribution in [3.63, 3.8) is 0 Å². The average molecular weight is 878 g/mol. The first kappa shape index (κ1) is 45.3. The summed E-state index contributed by atoms with van der Waals surface area (Å²) in [4.78, 5) is 92.5. The summed E-state index contributed by atoms with van der Waals surface area (Å²) in [5.41, 5.74) is 1.16. The quantitative estimate of drug-likeness (QED) is 0.0970. The number of hydrogen-bond acceptors (Lipinski definition) is 15. The molecule has 0 radical (unpaired) electrons. The first-order valence-electron chi connectivity index (χ1n) is 19.8. The van der Waals surface area contributed by atoms with Gasteiger partial charge in [-0.15, -0.1) is 0 Å². The molecule has 3 N–H and O–H groups in total. The lowest BCUT2D eigenvalue weighted by Crippen LogP contribution is -2.54. The fraction of sp³-hybridized carbons (Fsp3) is 0.405. The Hall–Kier alpha value is -6.22. The second-order valence-corrected chi connectivity index (χ2v) is 16.6. The van der Waals surface area contributed by atoms with Crippen LogP contribution in [-0.2, 0) is 38.4 Å². The molecule has 1 unspecified atom stereocenters. The Kier molecular flexibility index (Phi) is 14.7. The standard InChI is InChI=1S/C42H47N5O14S/c1-4-61-33-23-25(11-13-32(33)57-2)31(24-62(3,55)56)47-40(52)27-8-6-10-29(37(27)42(47)54)44-35(49)15-17-58-19-21-60-22-20-59-18-16-43-28-9-5-7-26-36(28)41(53)46(39(26)51)30-12-14-34(48)45-38(30)50/h5-11,13,23,30-31,43H,4,12,14-22,24H2,1-3H3,(H,44,49)(H,45,48,50)/t30?,31-/m1/s1. The number of carbonyl (C=O) groups is 7. The first-order valence-corrected chi connectivity index (χ1v) is 21.9. The predicted octanol–water partition coefficient (Wildman–Crippen LogP) is 2.37. The number of nitrogens with one attached hydrogen (secondary N) is 3. The van der Waals surface area contributed by atoms with Gasteiger partial charge in [-0.1, -0.05) is 18.2 Å². The van der Waals surface area contributed by atoms with E-state index in [9.17, 15) is 42.0 Å². The summed E-state index contributed by atoms with van der Waals surface area (Å²) in [7, 11) is -2.26. The van der Waals surface area contributed by atoms with Gasteiger partial charge in [0.1, 0.15) is 15.9 Å². The third kappa shape index (κ3) is 10.3. The van der Waals surface area contributed by atoms with E-state index in [1.54, 1.807) is 37.3 Å². The molecule has 62 heavy (non-hydrogen) atoms. The second-order valence-electron chi connectivity index (χ2n) is 14.4. The molecule has 6 rings (SSSR count). The monoisotopic (exact) mass is 877 g/mol. The smallest absolute Gasteiger partial charge is 0.264 e. The van der Waals surface area contributed by atoms with Crippen LogP contribution in [0.1, 0.15) is 79.2 Å². The highest BCUT2D eigenvalue weighted by molar-refractivity contribution is 7.90. The number of rotatable bonds is 22. The van der Waals surface area contributed by atoms with Gasteiger partial charge in [-0.25, -0.2) is 8.42 Å². The van der Waals surface area contributed by atoms with Crippen molar-refractivity contribution >= 4 is 62.6 Å². The SMILES string of the molecule is CCOc1cc([C@@H](CS(C)(=O)=O)N2C(=O)c3cccc(NC(=O)CCOCCOCCOCCNc4cccc5c4C(=O)N(C4CCC(=O)NC4=O)C5=O)c3C2=O)ccc1OC. The van der Waals surface area contributed by atoms with Crippen LogP contribution in [0.5, 0.6) is 11.5 Å². The minimum Gasteiger partial charge on any atom is -0.493 e. The van der Waals surface area contributed by atoms with Gasteiger partial charge in [-0.2, -0.15) is 0 Å². The van der Waals surface area contributed by atoms with Crippen LogP contribution < -0.4 is 25.4 Å². The van der Waals surface area contributed by atoms with Gasteiger partial charge < -0.3 is 34.3 Å². The van der Waals surface area contributed by atoms with E-state index in [0.717, 1.165) is 16.1 Å². The zero-order chi connectivity index (χ0) is 44.6. The summed E-state index contributed by atoms with van der Waals surface area (Å²) in [5.74, 6) is -4.11. The third-order valence-electron chi connectivity index (χ3n) is 10.1. The highest BCUT2D eigenvalue weighted by Gasteiger charge is 2.46. The minimum atomic E-state index is -3.71. The fourth-order valence-corrected chi connectivity index (χ4v) is 8.22. The van der Waals surface area contributed by atoms with Gasteiger partial charge in [0.25, 0.3) is 23.6 Å². The van der Waals surface area contributed by atoms with Gasteiger partial charge in [-0.05, 0) is 55.3 Å². The molecule has 330 valence electrons. The molecule has 3 aliphatic rings. The summed E-state index contributed by atoms with van der Waals surface area (Å²) < 4.78 is 52.8. The molecule has 3 aromatic rings. The molecule has 1 fully saturated rings. The zero-order valence-corrected chi connectivity index (χ0v) is 35.2. The largest absolute Gasteiger partial charge is 0.493 e. The lowest BCUT2D eigenvalue weighted by molar-refractivity contribution is -0.136. The topological polar surface area (TPSA) is 242 Å². The van der Waals surface area contributed by atoms with Crippen LogP contribution in [-0.4, -0.2) is 138 Å². The van der Waals surface area contributed by atoms with E-state index in [4.69, 9.17) is 23.7 Å². The number of carbonyl (C=O) groups excluding carboxylic acids is 7. The second kappa shape index (κ2) is 20.1. The van der Waals surface area contributed by atoms with Gasteiger partial charge in [-0.3, -0.25) is 48.7 Å². The van der Waals surface area contributed by atoms with E-state index in [2.05, 4.69) is 16.0 Å². The molecule has 3 aliphatic heterocycles. The normalized spacial score (nSPS) is 16.6. The Morgan fingerprint density at radius 3 is 2.11 bits per heavy atom. The van der Waals surface area contributed by atoms with Crippen LogP contribution in [0.2, 0.25) is 0 Å². The maximum absolute atomic E-state index is 13.9. The first-order chi connectivity index (χ1) is 29.7. The molecule has 19 nitrogen and oxygen atoms in total. The number of benzene rings is 3. The number of methoxy groups -OCH3 is 1. The van der Waals surface area contributed by atoms with Crippen LogP contribution in [0.15, 0.2) is 54.6 Å². The van der Waals surface area contributed by atoms with Crippen molar-refractivity contribution in [2.24, 2.45) is 0 Å². The summed E-state index contributed by atoms with van der Waals surface area (Å²) >= 11 is 0. The molecule has 2 atom stereocenters. The number of ether oxygens (including phenoxy) is 5. The maximum Gasteiger partial charge on any atom is 0.264 e. The molecule has 7 amide bonds. The van der Waals surface area contributed by atoms with Gasteiger partial charge in [0, 0.05) is 24.9 Å². The van der Waals surface area contributed by atoms with E-state index in [1.807, 2.05) is 0 Å². The number of sulfone groups is 1. The molecular weight excluding hydrogens is 831 g/mol. The molecule has 1 saturated heterocycles. The van der Waals surface area contributed by atoms with Crippen molar-refractivity contribution < 1.29 is 65.7 Å². The molecule has 0 bridgehead atoms. The molecule has 0 aliphatic carbocycles. The molecule has 0 spiro atoms. The highest BCUT2D eigenvalue weighted by atomic mass is 32.2. The Bertz CT molecular complexity index is 2370.